The fourth-order valence-corrected chi connectivity index (χ4v) is 2.52. The predicted molar refractivity (Wildman–Crippen MR) is 69.8 cm³/mol. The molecule has 1 aliphatic rings. The summed E-state index contributed by atoms with van der Waals surface area (Å²) in [6.45, 7) is 4.88. The quantitative estimate of drug-likeness (QED) is 0.853. The van der Waals surface area contributed by atoms with Crippen molar-refractivity contribution >= 4 is 17.7 Å². The molecule has 1 N–H and O–H groups in total. The number of likely N-dealkylation sites (tertiary alicyclic amines) is 1. The lowest BCUT2D eigenvalue weighted by atomic mass is 9.98. The van der Waals surface area contributed by atoms with Crippen LogP contribution >= 0.6 is 0 Å². The number of rotatable bonds is 3. The summed E-state index contributed by atoms with van der Waals surface area (Å²) >= 11 is 0. The molecule has 2 rings (SSSR count). The molecule has 0 radical (unpaired) electrons. The van der Waals surface area contributed by atoms with Crippen LogP contribution in [-0.2, 0) is 4.79 Å². The second kappa shape index (κ2) is 4.77. The normalized spacial score (nSPS) is 22.1. The zero-order valence-corrected chi connectivity index (χ0v) is 11.7. The maximum Gasteiger partial charge on any atom is 0.329 e. The van der Waals surface area contributed by atoms with Crippen LogP contribution in [-0.4, -0.2) is 39.7 Å². The van der Waals surface area contributed by atoms with Crippen LogP contribution < -0.4 is 0 Å². The summed E-state index contributed by atoms with van der Waals surface area (Å²) in [5.74, 6) is -1.24. The number of hydrogen-bond acceptors (Lipinski definition) is 4. The summed E-state index contributed by atoms with van der Waals surface area (Å²) in [7, 11) is 0. The number of nitrogens with zero attached hydrogens (tertiary/aromatic N) is 1. The summed E-state index contributed by atoms with van der Waals surface area (Å²) in [6, 6.07) is 1.39. The Labute approximate surface area is 116 Å². The highest BCUT2D eigenvalue weighted by molar-refractivity contribution is 6.01. The van der Waals surface area contributed by atoms with Crippen LogP contribution in [0.1, 0.15) is 53.4 Å². The molecule has 1 aromatic rings. The van der Waals surface area contributed by atoms with Gasteiger partial charge in [-0.15, -0.1) is 0 Å². The lowest BCUT2D eigenvalue weighted by Crippen LogP contribution is -2.50. The summed E-state index contributed by atoms with van der Waals surface area (Å²) in [5.41, 5.74) is -0.943. The third-order valence-electron chi connectivity index (χ3n) is 3.84. The molecule has 6 nitrogen and oxygen atoms in total. The van der Waals surface area contributed by atoms with Gasteiger partial charge in [0.25, 0.3) is 5.91 Å². The van der Waals surface area contributed by atoms with Gasteiger partial charge in [-0.05, 0) is 26.7 Å². The molecule has 0 bridgehead atoms. The Morgan fingerprint density at radius 3 is 2.55 bits per heavy atom. The van der Waals surface area contributed by atoms with Crippen molar-refractivity contribution in [2.24, 2.45) is 0 Å². The largest absolute Gasteiger partial charge is 0.480 e. The number of ketones is 1. The zero-order valence-electron chi connectivity index (χ0n) is 11.7. The average Bonchev–Trinajstić information content (AvgIpc) is 2.93. The van der Waals surface area contributed by atoms with Gasteiger partial charge in [-0.3, -0.25) is 9.59 Å². The van der Waals surface area contributed by atoms with Gasteiger partial charge >= 0.3 is 5.97 Å². The lowest BCUT2D eigenvalue weighted by molar-refractivity contribution is -0.147. The van der Waals surface area contributed by atoms with Crippen LogP contribution in [0.2, 0.25) is 0 Å². The number of carbonyl (C=O) groups is 3. The first-order valence-electron chi connectivity index (χ1n) is 6.44. The van der Waals surface area contributed by atoms with Crippen molar-refractivity contribution in [2.45, 2.75) is 39.2 Å². The standard InChI is InChI=1S/C14H17NO5/c1-8(16)11-7-10(9(2)20-11)12(17)15-6-4-5-14(15,3)13(18)19/h7H,4-6H2,1-3H3,(H,18,19)/t14-/m0/s1. The fourth-order valence-electron chi connectivity index (χ4n) is 2.52. The Bertz CT molecular complexity index is 588. The summed E-state index contributed by atoms with van der Waals surface area (Å²) in [6.07, 6.45) is 1.07. The van der Waals surface area contributed by atoms with Gasteiger partial charge in [0, 0.05) is 19.5 Å². The SMILES string of the molecule is CC(=O)c1cc(C(=O)N2CCC[C@@]2(C)C(=O)O)c(C)o1. The molecule has 0 aromatic carbocycles. The first-order valence-corrected chi connectivity index (χ1v) is 6.44. The number of Topliss-reactive ketones (excluding diaryl/α,β-unsaturated/α-hetero) is 1. The number of aliphatic carboxylic acids is 1. The minimum absolute atomic E-state index is 0.113. The van der Waals surface area contributed by atoms with Crippen molar-refractivity contribution in [3.8, 4) is 0 Å². The molecule has 1 aromatic heterocycles. The van der Waals surface area contributed by atoms with E-state index in [1.807, 2.05) is 0 Å². The minimum Gasteiger partial charge on any atom is -0.480 e. The molecule has 1 aliphatic heterocycles. The van der Waals surface area contributed by atoms with Crippen LogP contribution in [0.25, 0.3) is 0 Å². The van der Waals surface area contributed by atoms with Gasteiger partial charge in [-0.1, -0.05) is 0 Å². The van der Waals surface area contributed by atoms with Gasteiger partial charge in [0.2, 0.25) is 0 Å². The number of aryl methyl sites for hydroxylation is 1. The van der Waals surface area contributed by atoms with E-state index < -0.39 is 17.4 Å². The number of furan rings is 1. The number of hydrogen-bond donors (Lipinski definition) is 1. The third kappa shape index (κ3) is 2.11. The molecule has 6 heteroatoms. The first kappa shape index (κ1) is 14.3. The van der Waals surface area contributed by atoms with Crippen molar-refractivity contribution in [1.29, 1.82) is 0 Å². The Morgan fingerprint density at radius 1 is 1.40 bits per heavy atom. The first-order chi connectivity index (χ1) is 9.27. The number of carbonyl (C=O) groups excluding carboxylic acids is 2. The molecule has 1 amide bonds. The Hall–Kier alpha value is -2.11. The van der Waals surface area contributed by atoms with E-state index in [0.29, 0.717) is 25.1 Å². The molecule has 1 saturated heterocycles. The summed E-state index contributed by atoms with van der Waals surface area (Å²) in [4.78, 5) is 36.5. The molecular formula is C14H17NO5. The second-order valence-corrected chi connectivity index (χ2v) is 5.28. The van der Waals surface area contributed by atoms with Crippen LogP contribution in [0.5, 0.6) is 0 Å². The maximum absolute atomic E-state index is 12.5. The smallest absolute Gasteiger partial charge is 0.329 e. The highest BCUT2D eigenvalue weighted by Gasteiger charge is 2.46. The third-order valence-corrected chi connectivity index (χ3v) is 3.84. The Balaban J connectivity index is 2.36. The van der Waals surface area contributed by atoms with Crippen LogP contribution in [0.15, 0.2) is 10.5 Å². The molecule has 0 spiro atoms. The van der Waals surface area contributed by atoms with Crippen LogP contribution in [0, 0.1) is 6.92 Å². The topological polar surface area (TPSA) is 87.8 Å². The van der Waals surface area contributed by atoms with E-state index in [2.05, 4.69) is 0 Å². The van der Waals surface area contributed by atoms with E-state index in [0.717, 1.165) is 0 Å². The number of carboxylic acid groups (broad SMARTS) is 1. The molecule has 2 heterocycles. The van der Waals surface area contributed by atoms with Crippen LogP contribution in [0.4, 0.5) is 0 Å². The van der Waals surface area contributed by atoms with Gasteiger partial charge in [0.1, 0.15) is 11.3 Å². The Morgan fingerprint density at radius 2 is 2.05 bits per heavy atom. The van der Waals surface area contributed by atoms with Crippen molar-refractivity contribution in [2.75, 3.05) is 6.54 Å². The van der Waals surface area contributed by atoms with E-state index in [9.17, 15) is 19.5 Å². The van der Waals surface area contributed by atoms with Gasteiger partial charge in [0.05, 0.1) is 5.56 Å². The highest BCUT2D eigenvalue weighted by atomic mass is 16.4. The molecule has 108 valence electrons. The molecular weight excluding hydrogens is 262 g/mol. The van der Waals surface area contributed by atoms with E-state index in [1.54, 1.807) is 13.8 Å². The highest BCUT2D eigenvalue weighted by Crippen LogP contribution is 2.31. The van der Waals surface area contributed by atoms with Crippen molar-refractivity contribution in [3.05, 3.63) is 23.2 Å². The van der Waals surface area contributed by atoms with Crippen molar-refractivity contribution in [1.82, 2.24) is 4.90 Å². The molecule has 1 atom stereocenters. The molecule has 0 aliphatic carbocycles. The maximum atomic E-state index is 12.5. The zero-order chi connectivity index (χ0) is 15.1. The Kier molecular flexibility index (Phi) is 3.41. The monoisotopic (exact) mass is 279 g/mol. The van der Waals surface area contributed by atoms with Gasteiger partial charge in [-0.2, -0.15) is 0 Å². The molecule has 20 heavy (non-hydrogen) atoms. The minimum atomic E-state index is -1.20. The van der Waals surface area contributed by atoms with Crippen molar-refractivity contribution in [3.63, 3.8) is 0 Å². The van der Waals surface area contributed by atoms with Gasteiger partial charge < -0.3 is 14.4 Å². The predicted octanol–water partition coefficient (Wildman–Crippen LogP) is 1.87. The van der Waals surface area contributed by atoms with Gasteiger partial charge in [-0.25, -0.2) is 4.79 Å². The van der Waals surface area contributed by atoms with Gasteiger partial charge in [0.15, 0.2) is 11.5 Å². The average molecular weight is 279 g/mol. The summed E-state index contributed by atoms with van der Waals surface area (Å²) in [5, 5.41) is 9.33. The molecule has 1 fully saturated rings. The lowest BCUT2D eigenvalue weighted by Gasteiger charge is -2.31. The van der Waals surface area contributed by atoms with E-state index in [4.69, 9.17) is 4.42 Å². The number of carboxylic acids is 1. The molecule has 0 unspecified atom stereocenters. The van der Waals surface area contributed by atoms with E-state index in [-0.39, 0.29) is 17.1 Å². The van der Waals surface area contributed by atoms with Crippen molar-refractivity contribution < 1.29 is 23.9 Å². The second-order valence-electron chi connectivity index (χ2n) is 5.28. The van der Waals surface area contributed by atoms with E-state index >= 15 is 0 Å². The number of amides is 1. The molecule has 0 saturated carbocycles. The van der Waals surface area contributed by atoms with E-state index in [1.165, 1.54) is 17.9 Å². The fraction of sp³-hybridized carbons (Fsp3) is 0.500. The summed E-state index contributed by atoms with van der Waals surface area (Å²) < 4.78 is 5.24. The van der Waals surface area contributed by atoms with Crippen LogP contribution in [0.3, 0.4) is 0 Å².